The second-order valence-electron chi connectivity index (χ2n) is 6.60. The molecule has 2 N–H and O–H groups in total. The fourth-order valence-electron chi connectivity index (χ4n) is 2.76. The third kappa shape index (κ3) is 3.74. The molecule has 1 amide bonds. The molecule has 0 saturated carbocycles. The maximum absolute atomic E-state index is 12.7. The molecule has 6 heteroatoms. The van der Waals surface area contributed by atoms with Crippen LogP contribution in [0.3, 0.4) is 0 Å². The van der Waals surface area contributed by atoms with Gasteiger partial charge in [-0.05, 0) is 43.7 Å². The number of amides is 1. The molecule has 0 aliphatic rings. The Kier molecular flexibility index (Phi) is 5.02. The summed E-state index contributed by atoms with van der Waals surface area (Å²) in [6, 6.07) is 11.5. The highest BCUT2D eigenvalue weighted by Gasteiger charge is 2.14. The van der Waals surface area contributed by atoms with Crippen LogP contribution >= 0.6 is 0 Å². The summed E-state index contributed by atoms with van der Waals surface area (Å²) >= 11 is 0. The summed E-state index contributed by atoms with van der Waals surface area (Å²) in [7, 11) is 1.79. The van der Waals surface area contributed by atoms with Crippen LogP contribution in [0.1, 0.15) is 35.8 Å². The molecule has 0 unspecified atom stereocenters. The average molecular weight is 349 g/mol. The molecule has 1 aromatic carbocycles. The van der Waals surface area contributed by atoms with Gasteiger partial charge >= 0.3 is 0 Å². The number of nitrogens with zero attached hydrogens (tertiary/aromatic N) is 4. The topological polar surface area (TPSA) is 77.0 Å². The standard InChI is InChI=1S/C20H23N5O/c1-14(2)25-13-15(11-23-25)12-24(3)20(26)17-8-6-16(7-9-17)18-5-4-10-22-19(18)21/h4-11,13-14H,12H2,1-3H3,(H2,21,22). The van der Waals surface area contributed by atoms with E-state index in [0.717, 1.165) is 16.7 Å². The Balaban J connectivity index is 1.72. The van der Waals surface area contributed by atoms with Gasteiger partial charge in [-0.2, -0.15) is 5.10 Å². The van der Waals surface area contributed by atoms with Crippen LogP contribution in [0.25, 0.3) is 11.1 Å². The Bertz CT molecular complexity index is 899. The highest BCUT2D eigenvalue weighted by Crippen LogP contribution is 2.24. The zero-order valence-electron chi connectivity index (χ0n) is 15.3. The van der Waals surface area contributed by atoms with E-state index in [0.29, 0.717) is 24.0 Å². The summed E-state index contributed by atoms with van der Waals surface area (Å²) in [4.78, 5) is 18.5. The van der Waals surface area contributed by atoms with Gasteiger partial charge in [-0.3, -0.25) is 9.48 Å². The molecule has 2 aromatic heterocycles. The first-order valence-corrected chi connectivity index (χ1v) is 8.55. The van der Waals surface area contributed by atoms with Crippen LogP contribution in [0, 0.1) is 0 Å². The lowest BCUT2D eigenvalue weighted by Gasteiger charge is -2.16. The SMILES string of the molecule is CC(C)n1cc(CN(C)C(=O)c2ccc(-c3cccnc3N)cc2)cn1. The van der Waals surface area contributed by atoms with Gasteiger partial charge in [-0.1, -0.05) is 12.1 Å². The van der Waals surface area contributed by atoms with Crippen molar-refractivity contribution in [2.24, 2.45) is 0 Å². The maximum Gasteiger partial charge on any atom is 0.253 e. The minimum absolute atomic E-state index is 0.0343. The minimum atomic E-state index is -0.0343. The second-order valence-corrected chi connectivity index (χ2v) is 6.60. The van der Waals surface area contributed by atoms with Crippen LogP contribution in [0.4, 0.5) is 5.82 Å². The van der Waals surface area contributed by atoms with Crippen molar-refractivity contribution >= 4 is 11.7 Å². The number of hydrogen-bond acceptors (Lipinski definition) is 4. The van der Waals surface area contributed by atoms with Crippen molar-refractivity contribution in [3.8, 4) is 11.1 Å². The third-order valence-corrected chi connectivity index (χ3v) is 4.23. The van der Waals surface area contributed by atoms with Crippen LogP contribution in [-0.4, -0.2) is 32.6 Å². The largest absolute Gasteiger partial charge is 0.383 e. The monoisotopic (exact) mass is 349 g/mol. The minimum Gasteiger partial charge on any atom is -0.383 e. The molecule has 0 spiro atoms. The van der Waals surface area contributed by atoms with Gasteiger partial charge in [-0.15, -0.1) is 0 Å². The zero-order valence-corrected chi connectivity index (χ0v) is 15.3. The Hall–Kier alpha value is -3.15. The molecule has 0 saturated heterocycles. The van der Waals surface area contributed by atoms with Gasteiger partial charge in [0, 0.05) is 48.7 Å². The van der Waals surface area contributed by atoms with E-state index in [1.54, 1.807) is 24.3 Å². The Morgan fingerprint density at radius 3 is 2.58 bits per heavy atom. The lowest BCUT2D eigenvalue weighted by atomic mass is 10.0. The van der Waals surface area contributed by atoms with E-state index in [2.05, 4.69) is 23.9 Å². The van der Waals surface area contributed by atoms with Gasteiger partial charge < -0.3 is 10.6 Å². The van der Waals surface area contributed by atoms with Crippen molar-refractivity contribution in [1.29, 1.82) is 0 Å². The van der Waals surface area contributed by atoms with Gasteiger partial charge in [0.1, 0.15) is 5.82 Å². The molecule has 0 aliphatic heterocycles. The molecule has 134 valence electrons. The Morgan fingerprint density at radius 1 is 1.23 bits per heavy atom. The van der Waals surface area contributed by atoms with Crippen molar-refractivity contribution in [2.75, 3.05) is 12.8 Å². The van der Waals surface area contributed by atoms with Crippen LogP contribution < -0.4 is 5.73 Å². The molecule has 0 atom stereocenters. The van der Waals surface area contributed by atoms with Crippen molar-refractivity contribution < 1.29 is 4.79 Å². The number of nitrogen functional groups attached to an aromatic ring is 1. The van der Waals surface area contributed by atoms with Crippen molar-refractivity contribution in [3.05, 3.63) is 66.1 Å². The van der Waals surface area contributed by atoms with Crippen LogP contribution in [0.5, 0.6) is 0 Å². The molecule has 6 nitrogen and oxygen atoms in total. The summed E-state index contributed by atoms with van der Waals surface area (Å²) in [5, 5.41) is 4.32. The fraction of sp³-hybridized carbons (Fsp3) is 0.250. The van der Waals surface area contributed by atoms with Gasteiger partial charge in [0.05, 0.1) is 6.20 Å². The molecule has 26 heavy (non-hydrogen) atoms. The number of nitrogens with two attached hydrogens (primary N) is 1. The zero-order chi connectivity index (χ0) is 18.7. The first kappa shape index (κ1) is 17.7. The van der Waals surface area contributed by atoms with Crippen molar-refractivity contribution in [3.63, 3.8) is 0 Å². The molecule has 0 bridgehead atoms. The predicted molar refractivity (Wildman–Crippen MR) is 102 cm³/mol. The number of pyridine rings is 1. The lowest BCUT2D eigenvalue weighted by Crippen LogP contribution is -2.26. The van der Waals surface area contributed by atoms with Gasteiger partial charge in [0.25, 0.3) is 5.91 Å². The first-order valence-electron chi connectivity index (χ1n) is 8.55. The van der Waals surface area contributed by atoms with Crippen molar-refractivity contribution in [1.82, 2.24) is 19.7 Å². The highest BCUT2D eigenvalue weighted by molar-refractivity contribution is 5.94. The maximum atomic E-state index is 12.7. The van der Waals surface area contributed by atoms with E-state index in [1.165, 1.54) is 0 Å². The van der Waals surface area contributed by atoms with Crippen LogP contribution in [-0.2, 0) is 6.54 Å². The summed E-state index contributed by atoms with van der Waals surface area (Å²) in [6.07, 6.45) is 5.44. The quantitative estimate of drug-likeness (QED) is 0.766. The van der Waals surface area contributed by atoms with Gasteiger partial charge in [0.15, 0.2) is 0 Å². The van der Waals surface area contributed by atoms with E-state index in [4.69, 9.17) is 5.73 Å². The number of rotatable bonds is 5. The smallest absolute Gasteiger partial charge is 0.253 e. The molecule has 3 rings (SSSR count). The summed E-state index contributed by atoms with van der Waals surface area (Å²) in [5.74, 6) is 0.443. The number of aromatic nitrogens is 3. The van der Waals surface area contributed by atoms with E-state index in [-0.39, 0.29) is 5.91 Å². The molecule has 3 aromatic rings. The highest BCUT2D eigenvalue weighted by atomic mass is 16.2. The van der Waals surface area contributed by atoms with E-state index in [9.17, 15) is 4.79 Å². The molecule has 0 fully saturated rings. The summed E-state index contributed by atoms with van der Waals surface area (Å²) in [5.41, 5.74) is 9.36. The molecular weight excluding hydrogens is 326 g/mol. The molecular formula is C20H23N5O. The number of hydrogen-bond donors (Lipinski definition) is 1. The van der Waals surface area contributed by atoms with Crippen LogP contribution in [0.15, 0.2) is 55.0 Å². The summed E-state index contributed by atoms with van der Waals surface area (Å²) < 4.78 is 1.89. The van der Waals surface area contributed by atoms with Crippen molar-refractivity contribution in [2.45, 2.75) is 26.4 Å². The average Bonchev–Trinajstić information content (AvgIpc) is 3.10. The van der Waals surface area contributed by atoms with Crippen LogP contribution in [0.2, 0.25) is 0 Å². The molecule has 0 aliphatic carbocycles. The molecule has 0 radical (unpaired) electrons. The molecule has 2 heterocycles. The van der Waals surface area contributed by atoms with Gasteiger partial charge in [-0.25, -0.2) is 4.98 Å². The summed E-state index contributed by atoms with van der Waals surface area (Å²) in [6.45, 7) is 4.66. The Morgan fingerprint density at radius 2 is 1.96 bits per heavy atom. The lowest BCUT2D eigenvalue weighted by molar-refractivity contribution is 0.0785. The Labute approximate surface area is 153 Å². The fourth-order valence-corrected chi connectivity index (χ4v) is 2.76. The third-order valence-electron chi connectivity index (χ3n) is 4.23. The number of carbonyl (C=O) groups excluding carboxylic acids is 1. The second kappa shape index (κ2) is 7.39. The van der Waals surface area contributed by atoms with E-state index in [1.807, 2.05) is 47.3 Å². The number of benzene rings is 1. The normalized spacial score (nSPS) is 10.9. The van der Waals surface area contributed by atoms with Gasteiger partial charge in [0.2, 0.25) is 0 Å². The van der Waals surface area contributed by atoms with E-state index < -0.39 is 0 Å². The number of anilines is 1. The predicted octanol–water partition coefficient (Wildman–Crippen LogP) is 3.38. The van der Waals surface area contributed by atoms with E-state index >= 15 is 0 Å². The first-order chi connectivity index (χ1) is 12.5. The number of carbonyl (C=O) groups is 1.